The number of pyridine rings is 1. The number of nitrogens with one attached hydrogen (secondary N) is 1. The molecule has 0 aliphatic rings. The second-order valence-electron chi connectivity index (χ2n) is 6.91. The first kappa shape index (κ1) is 17.7. The Kier molecular flexibility index (Phi) is 4.53. The van der Waals surface area contributed by atoms with Crippen LogP contribution in [-0.2, 0) is 0 Å². The maximum Gasteiger partial charge on any atom is 0.335 e. The van der Waals surface area contributed by atoms with Crippen molar-refractivity contribution in [2.75, 3.05) is 5.32 Å². The molecule has 4 aromatic rings. The standard InChI is InChI=1S/C22H20N4O2/c1-14(2)16-5-3-6-17(13-16)19-7-4-12-26-20(19)24-22(25-26)23-18-10-8-15(9-11-18)21(27)28/h3-14H,1-2H3,(H,23,25)(H,27,28). The summed E-state index contributed by atoms with van der Waals surface area (Å²) < 4.78 is 1.74. The normalized spacial score (nSPS) is 11.1. The highest BCUT2D eigenvalue weighted by Gasteiger charge is 2.11. The zero-order chi connectivity index (χ0) is 19.7. The molecule has 0 saturated heterocycles. The predicted molar refractivity (Wildman–Crippen MR) is 109 cm³/mol. The number of hydrogen-bond donors (Lipinski definition) is 2. The SMILES string of the molecule is CC(C)c1cccc(-c2cccn3nc(Nc4ccc(C(=O)O)cc4)nc23)c1. The van der Waals surface area contributed by atoms with E-state index in [4.69, 9.17) is 5.11 Å². The first-order valence-corrected chi connectivity index (χ1v) is 9.07. The third-order valence-corrected chi connectivity index (χ3v) is 4.61. The number of benzene rings is 2. The third-order valence-electron chi connectivity index (χ3n) is 4.61. The number of rotatable bonds is 5. The molecule has 6 nitrogen and oxygen atoms in total. The fraction of sp³-hybridized carbons (Fsp3) is 0.136. The van der Waals surface area contributed by atoms with Crippen molar-refractivity contribution in [1.29, 1.82) is 0 Å². The highest BCUT2D eigenvalue weighted by atomic mass is 16.4. The molecule has 2 aromatic carbocycles. The molecule has 2 heterocycles. The molecule has 6 heteroatoms. The molecule has 0 radical (unpaired) electrons. The van der Waals surface area contributed by atoms with Crippen LogP contribution in [0.15, 0.2) is 66.9 Å². The van der Waals surface area contributed by atoms with Crippen molar-refractivity contribution in [1.82, 2.24) is 14.6 Å². The van der Waals surface area contributed by atoms with Gasteiger partial charge in [-0.05, 0) is 53.4 Å². The van der Waals surface area contributed by atoms with E-state index in [2.05, 4.69) is 53.5 Å². The van der Waals surface area contributed by atoms with Gasteiger partial charge in [0.25, 0.3) is 0 Å². The molecular weight excluding hydrogens is 352 g/mol. The highest BCUT2D eigenvalue weighted by Crippen LogP contribution is 2.27. The molecule has 0 fully saturated rings. The number of hydrogen-bond acceptors (Lipinski definition) is 4. The number of aromatic carboxylic acids is 1. The summed E-state index contributed by atoms with van der Waals surface area (Å²) in [5.74, 6) is -0.0511. The summed E-state index contributed by atoms with van der Waals surface area (Å²) in [7, 11) is 0. The molecule has 0 saturated carbocycles. The van der Waals surface area contributed by atoms with Crippen molar-refractivity contribution in [2.24, 2.45) is 0 Å². The first-order chi connectivity index (χ1) is 13.5. The topological polar surface area (TPSA) is 79.5 Å². The number of anilines is 2. The number of fused-ring (bicyclic) bond motifs is 1. The van der Waals surface area contributed by atoms with Gasteiger partial charge in [0.1, 0.15) is 0 Å². The number of nitrogens with zero attached hydrogens (tertiary/aromatic N) is 3. The van der Waals surface area contributed by atoms with Crippen LogP contribution in [0.4, 0.5) is 11.6 Å². The van der Waals surface area contributed by atoms with E-state index in [1.807, 2.05) is 18.3 Å². The molecular formula is C22H20N4O2. The van der Waals surface area contributed by atoms with Gasteiger partial charge in [-0.25, -0.2) is 9.31 Å². The van der Waals surface area contributed by atoms with Gasteiger partial charge in [-0.15, -0.1) is 5.10 Å². The van der Waals surface area contributed by atoms with Crippen LogP contribution in [0.1, 0.15) is 35.7 Å². The Morgan fingerprint density at radius 1 is 1.07 bits per heavy atom. The van der Waals surface area contributed by atoms with E-state index in [9.17, 15) is 4.79 Å². The summed E-state index contributed by atoms with van der Waals surface area (Å²) in [5.41, 5.74) is 5.10. The van der Waals surface area contributed by atoms with E-state index in [0.29, 0.717) is 11.9 Å². The van der Waals surface area contributed by atoms with E-state index < -0.39 is 5.97 Å². The van der Waals surface area contributed by atoms with Gasteiger partial charge in [0.05, 0.1) is 5.56 Å². The van der Waals surface area contributed by atoms with Gasteiger partial charge in [0.2, 0.25) is 5.95 Å². The van der Waals surface area contributed by atoms with E-state index in [1.54, 1.807) is 28.8 Å². The number of carboxylic acids is 1. The summed E-state index contributed by atoms with van der Waals surface area (Å²) in [5, 5.41) is 16.6. The largest absolute Gasteiger partial charge is 0.478 e. The maximum absolute atomic E-state index is 11.0. The molecule has 140 valence electrons. The average molecular weight is 372 g/mol. The average Bonchev–Trinajstić information content (AvgIpc) is 3.10. The van der Waals surface area contributed by atoms with Crippen LogP contribution in [0.3, 0.4) is 0 Å². The Bertz CT molecular complexity index is 1150. The Morgan fingerprint density at radius 3 is 2.57 bits per heavy atom. The second-order valence-corrected chi connectivity index (χ2v) is 6.91. The van der Waals surface area contributed by atoms with Crippen LogP contribution < -0.4 is 5.32 Å². The molecule has 0 aliphatic heterocycles. The summed E-state index contributed by atoms with van der Waals surface area (Å²) in [4.78, 5) is 15.6. The Hall–Kier alpha value is -3.67. The van der Waals surface area contributed by atoms with Crippen LogP contribution >= 0.6 is 0 Å². The summed E-state index contributed by atoms with van der Waals surface area (Å²) in [6.45, 7) is 4.35. The Labute approximate surface area is 162 Å². The lowest BCUT2D eigenvalue weighted by Gasteiger charge is -2.08. The summed E-state index contributed by atoms with van der Waals surface area (Å²) in [6, 6.07) is 18.9. The van der Waals surface area contributed by atoms with Gasteiger partial charge in [-0.2, -0.15) is 4.98 Å². The molecule has 2 N–H and O–H groups in total. The monoisotopic (exact) mass is 372 g/mol. The zero-order valence-corrected chi connectivity index (χ0v) is 15.6. The Balaban J connectivity index is 1.69. The van der Waals surface area contributed by atoms with Crippen molar-refractivity contribution in [2.45, 2.75) is 19.8 Å². The molecule has 4 rings (SSSR count). The maximum atomic E-state index is 11.0. The van der Waals surface area contributed by atoms with Crippen molar-refractivity contribution in [3.8, 4) is 11.1 Å². The van der Waals surface area contributed by atoms with Crippen LogP contribution in [0.2, 0.25) is 0 Å². The fourth-order valence-electron chi connectivity index (χ4n) is 3.08. The number of carbonyl (C=O) groups is 1. The lowest BCUT2D eigenvalue weighted by molar-refractivity contribution is 0.0697. The van der Waals surface area contributed by atoms with Crippen molar-refractivity contribution >= 4 is 23.3 Å². The number of aromatic nitrogens is 3. The predicted octanol–water partition coefficient (Wildman–Crippen LogP) is 4.96. The third kappa shape index (κ3) is 3.44. The van der Waals surface area contributed by atoms with Gasteiger partial charge in [0, 0.05) is 17.4 Å². The zero-order valence-electron chi connectivity index (χ0n) is 15.6. The lowest BCUT2D eigenvalue weighted by Crippen LogP contribution is -1.97. The molecule has 0 amide bonds. The van der Waals surface area contributed by atoms with Crippen LogP contribution in [0.5, 0.6) is 0 Å². The van der Waals surface area contributed by atoms with Gasteiger partial charge in [-0.3, -0.25) is 0 Å². The minimum Gasteiger partial charge on any atom is -0.478 e. The summed E-state index contributed by atoms with van der Waals surface area (Å²) in [6.07, 6.45) is 1.86. The summed E-state index contributed by atoms with van der Waals surface area (Å²) >= 11 is 0. The van der Waals surface area contributed by atoms with E-state index >= 15 is 0 Å². The molecule has 0 aliphatic carbocycles. The van der Waals surface area contributed by atoms with Gasteiger partial charge < -0.3 is 10.4 Å². The number of carboxylic acid groups (broad SMARTS) is 1. The highest BCUT2D eigenvalue weighted by molar-refractivity contribution is 5.88. The molecule has 2 aromatic heterocycles. The van der Waals surface area contributed by atoms with E-state index in [0.717, 1.165) is 22.5 Å². The molecule has 0 spiro atoms. The molecule has 0 bridgehead atoms. The Morgan fingerprint density at radius 2 is 1.86 bits per heavy atom. The van der Waals surface area contributed by atoms with Crippen molar-refractivity contribution < 1.29 is 9.90 Å². The van der Waals surface area contributed by atoms with Crippen LogP contribution in [0.25, 0.3) is 16.8 Å². The molecule has 0 atom stereocenters. The quantitative estimate of drug-likeness (QED) is 0.517. The van der Waals surface area contributed by atoms with Crippen LogP contribution in [-0.4, -0.2) is 25.7 Å². The lowest BCUT2D eigenvalue weighted by atomic mass is 9.98. The second kappa shape index (κ2) is 7.15. The first-order valence-electron chi connectivity index (χ1n) is 9.07. The van der Waals surface area contributed by atoms with Gasteiger partial charge in [0.15, 0.2) is 5.65 Å². The van der Waals surface area contributed by atoms with Gasteiger partial charge in [-0.1, -0.05) is 38.1 Å². The van der Waals surface area contributed by atoms with Crippen molar-refractivity contribution in [3.63, 3.8) is 0 Å². The molecule has 0 unspecified atom stereocenters. The van der Waals surface area contributed by atoms with E-state index in [-0.39, 0.29) is 5.56 Å². The minimum absolute atomic E-state index is 0.237. The molecule has 28 heavy (non-hydrogen) atoms. The van der Waals surface area contributed by atoms with Crippen molar-refractivity contribution in [3.05, 3.63) is 78.0 Å². The minimum atomic E-state index is -0.953. The smallest absolute Gasteiger partial charge is 0.335 e. The van der Waals surface area contributed by atoms with E-state index in [1.165, 1.54) is 5.56 Å². The van der Waals surface area contributed by atoms with Gasteiger partial charge >= 0.3 is 5.97 Å². The fourth-order valence-corrected chi connectivity index (χ4v) is 3.08. The van der Waals surface area contributed by atoms with Crippen LogP contribution in [0, 0.1) is 0 Å².